The van der Waals surface area contributed by atoms with Crippen LogP contribution in [0.15, 0.2) is 40.9 Å². The van der Waals surface area contributed by atoms with Crippen LogP contribution >= 0.6 is 27.5 Å². The molecule has 0 unspecified atom stereocenters. The van der Waals surface area contributed by atoms with Crippen molar-refractivity contribution in [1.29, 1.82) is 0 Å². The molecule has 0 fully saturated rings. The molecule has 0 saturated carbocycles. The van der Waals surface area contributed by atoms with E-state index in [1.54, 1.807) is 24.3 Å². The largest absolute Gasteiger partial charge is 0.456 e. The monoisotopic (exact) mass is 329 g/mol. The van der Waals surface area contributed by atoms with E-state index >= 15 is 0 Å². The topological polar surface area (TPSA) is 35.2 Å². The summed E-state index contributed by atoms with van der Waals surface area (Å²) in [6, 6.07) is 9.55. The molecule has 0 radical (unpaired) electrons. The van der Waals surface area contributed by atoms with E-state index in [1.165, 1.54) is 12.1 Å². The summed E-state index contributed by atoms with van der Waals surface area (Å²) in [5.41, 5.74) is 6.14. The van der Waals surface area contributed by atoms with Gasteiger partial charge in [0.05, 0.1) is 5.02 Å². The van der Waals surface area contributed by atoms with Gasteiger partial charge in [0.2, 0.25) is 0 Å². The minimum Gasteiger partial charge on any atom is -0.456 e. The maximum absolute atomic E-state index is 13.3. The van der Waals surface area contributed by atoms with Gasteiger partial charge in [0.1, 0.15) is 17.3 Å². The zero-order valence-corrected chi connectivity index (χ0v) is 11.6. The summed E-state index contributed by atoms with van der Waals surface area (Å²) in [5.74, 6) is 0.453. The van der Waals surface area contributed by atoms with Crippen LogP contribution in [-0.4, -0.2) is 0 Å². The molecule has 0 aromatic heterocycles. The minimum absolute atomic E-state index is 0.252. The molecule has 0 aliphatic carbocycles. The number of benzene rings is 2. The van der Waals surface area contributed by atoms with Gasteiger partial charge in [-0.1, -0.05) is 27.5 Å². The first-order chi connectivity index (χ1) is 8.58. The fourth-order valence-corrected chi connectivity index (χ4v) is 2.19. The highest BCUT2D eigenvalue weighted by Gasteiger charge is 2.06. The van der Waals surface area contributed by atoms with Crippen LogP contribution < -0.4 is 10.5 Å². The lowest BCUT2D eigenvalue weighted by atomic mass is 10.2. The molecule has 0 amide bonds. The number of rotatable bonds is 3. The fraction of sp³-hybridized carbons (Fsp3) is 0.0769. The molecule has 0 heterocycles. The molecular formula is C13H10BrClFNO. The summed E-state index contributed by atoms with van der Waals surface area (Å²) in [4.78, 5) is 0. The number of halogens is 3. The Kier molecular flexibility index (Phi) is 4.22. The van der Waals surface area contributed by atoms with Gasteiger partial charge in [-0.3, -0.25) is 0 Å². The van der Waals surface area contributed by atoms with Crippen molar-refractivity contribution in [1.82, 2.24) is 0 Å². The smallest absolute Gasteiger partial charge is 0.146 e. The molecule has 2 aromatic rings. The predicted octanol–water partition coefficient (Wildman–Crippen LogP) is 4.49. The molecule has 0 spiro atoms. The Morgan fingerprint density at radius 3 is 2.67 bits per heavy atom. The second kappa shape index (κ2) is 5.69. The first-order valence-electron chi connectivity index (χ1n) is 5.21. The Morgan fingerprint density at radius 2 is 2.00 bits per heavy atom. The van der Waals surface area contributed by atoms with Gasteiger partial charge in [-0.25, -0.2) is 4.39 Å². The lowest BCUT2D eigenvalue weighted by Gasteiger charge is -2.09. The highest BCUT2D eigenvalue weighted by molar-refractivity contribution is 9.10. The van der Waals surface area contributed by atoms with Gasteiger partial charge in [-0.15, -0.1) is 0 Å². The second-order valence-corrected chi connectivity index (χ2v) is 5.00. The van der Waals surface area contributed by atoms with Crippen LogP contribution in [-0.2, 0) is 6.54 Å². The van der Waals surface area contributed by atoms with Gasteiger partial charge in [-0.05, 0) is 35.9 Å². The number of nitrogens with two attached hydrogens (primary N) is 1. The average molecular weight is 331 g/mol. The van der Waals surface area contributed by atoms with Gasteiger partial charge in [-0.2, -0.15) is 0 Å². The van der Waals surface area contributed by atoms with Crippen LogP contribution in [0.3, 0.4) is 0 Å². The fourth-order valence-electron chi connectivity index (χ4n) is 1.48. The third-order valence-electron chi connectivity index (χ3n) is 2.29. The minimum atomic E-state index is -0.388. The van der Waals surface area contributed by atoms with E-state index in [-0.39, 0.29) is 12.4 Å². The maximum Gasteiger partial charge on any atom is 0.146 e. The van der Waals surface area contributed by atoms with Crippen molar-refractivity contribution < 1.29 is 9.13 Å². The van der Waals surface area contributed by atoms with Crippen molar-refractivity contribution in [3.8, 4) is 11.5 Å². The normalized spacial score (nSPS) is 10.4. The lowest BCUT2D eigenvalue weighted by Crippen LogP contribution is -1.97. The van der Waals surface area contributed by atoms with Crippen LogP contribution in [0, 0.1) is 5.82 Å². The van der Waals surface area contributed by atoms with Crippen molar-refractivity contribution in [3.63, 3.8) is 0 Å². The molecule has 2 N–H and O–H groups in total. The molecule has 0 bridgehead atoms. The van der Waals surface area contributed by atoms with Crippen LogP contribution in [0.1, 0.15) is 5.56 Å². The summed E-state index contributed by atoms with van der Waals surface area (Å²) in [6.07, 6.45) is 0. The van der Waals surface area contributed by atoms with Gasteiger partial charge in [0, 0.05) is 17.1 Å². The average Bonchev–Trinajstić information content (AvgIpc) is 2.32. The zero-order valence-electron chi connectivity index (χ0n) is 9.29. The maximum atomic E-state index is 13.3. The summed E-state index contributed by atoms with van der Waals surface area (Å²) >= 11 is 9.32. The summed E-state index contributed by atoms with van der Waals surface area (Å²) in [5, 5.41) is 0.447. The van der Waals surface area contributed by atoms with Crippen molar-refractivity contribution in [2.45, 2.75) is 6.54 Å². The molecule has 2 nitrogen and oxygen atoms in total. The summed E-state index contributed by atoms with van der Waals surface area (Å²) in [6.45, 7) is 0.252. The van der Waals surface area contributed by atoms with Crippen LogP contribution in [0.25, 0.3) is 0 Å². The Hall–Kier alpha value is -1.10. The van der Waals surface area contributed by atoms with Crippen LogP contribution in [0.2, 0.25) is 5.02 Å². The molecule has 2 rings (SSSR count). The second-order valence-electron chi connectivity index (χ2n) is 3.68. The van der Waals surface area contributed by atoms with E-state index in [0.717, 1.165) is 4.47 Å². The van der Waals surface area contributed by atoms with E-state index in [2.05, 4.69) is 15.9 Å². The number of ether oxygens (including phenoxy) is 1. The van der Waals surface area contributed by atoms with E-state index in [0.29, 0.717) is 22.1 Å². The number of hydrogen-bond acceptors (Lipinski definition) is 2. The predicted molar refractivity (Wildman–Crippen MR) is 73.5 cm³/mol. The third-order valence-corrected chi connectivity index (χ3v) is 3.08. The molecule has 0 aliphatic heterocycles. The highest BCUT2D eigenvalue weighted by Crippen LogP contribution is 2.32. The lowest BCUT2D eigenvalue weighted by molar-refractivity contribution is 0.476. The standard InChI is InChI=1S/C13H10BrClFNO/c14-9-1-2-13(12(15)5-9)18-11-4-8(7-17)3-10(16)6-11/h1-6H,7,17H2. The van der Waals surface area contributed by atoms with Gasteiger partial charge < -0.3 is 10.5 Å². The first-order valence-corrected chi connectivity index (χ1v) is 6.38. The van der Waals surface area contributed by atoms with Crippen molar-refractivity contribution >= 4 is 27.5 Å². The van der Waals surface area contributed by atoms with E-state index in [4.69, 9.17) is 22.1 Å². The highest BCUT2D eigenvalue weighted by atomic mass is 79.9. The molecule has 0 saturated heterocycles. The van der Waals surface area contributed by atoms with Crippen LogP contribution in [0.5, 0.6) is 11.5 Å². The molecule has 5 heteroatoms. The van der Waals surface area contributed by atoms with E-state index in [9.17, 15) is 4.39 Å². The van der Waals surface area contributed by atoms with Crippen molar-refractivity contribution in [2.24, 2.45) is 5.73 Å². The summed E-state index contributed by atoms with van der Waals surface area (Å²) in [7, 11) is 0. The molecule has 2 aromatic carbocycles. The van der Waals surface area contributed by atoms with Crippen molar-refractivity contribution in [3.05, 3.63) is 57.3 Å². The van der Waals surface area contributed by atoms with Gasteiger partial charge >= 0.3 is 0 Å². The SMILES string of the molecule is NCc1cc(F)cc(Oc2ccc(Br)cc2Cl)c1. The molecule has 0 atom stereocenters. The van der Waals surface area contributed by atoms with E-state index < -0.39 is 0 Å². The van der Waals surface area contributed by atoms with E-state index in [1.807, 2.05) is 0 Å². The Morgan fingerprint density at radius 1 is 1.22 bits per heavy atom. The molecule has 94 valence electrons. The Bertz CT molecular complexity index is 577. The molecule has 18 heavy (non-hydrogen) atoms. The zero-order chi connectivity index (χ0) is 13.1. The van der Waals surface area contributed by atoms with Gasteiger partial charge in [0.25, 0.3) is 0 Å². The first kappa shape index (κ1) is 13.3. The molecular weight excluding hydrogens is 321 g/mol. The van der Waals surface area contributed by atoms with Crippen molar-refractivity contribution in [2.75, 3.05) is 0 Å². The quantitative estimate of drug-likeness (QED) is 0.899. The number of hydrogen-bond donors (Lipinski definition) is 1. The third kappa shape index (κ3) is 3.22. The Balaban J connectivity index is 2.30. The molecule has 0 aliphatic rings. The van der Waals surface area contributed by atoms with Crippen LogP contribution in [0.4, 0.5) is 4.39 Å². The van der Waals surface area contributed by atoms with Gasteiger partial charge in [0.15, 0.2) is 0 Å². The summed E-state index contributed by atoms with van der Waals surface area (Å²) < 4.78 is 19.7. The Labute approximate surface area is 118 Å².